The lowest BCUT2D eigenvalue weighted by Crippen LogP contribution is -2.70. The topological polar surface area (TPSA) is 98.8 Å². The van der Waals surface area contributed by atoms with Crippen molar-refractivity contribution in [2.45, 2.75) is 22.9 Å². The van der Waals surface area contributed by atoms with Crippen LogP contribution in [0.2, 0.25) is 10.0 Å². The van der Waals surface area contributed by atoms with Crippen molar-refractivity contribution in [2.24, 2.45) is 0 Å². The van der Waals surface area contributed by atoms with Gasteiger partial charge in [-0.1, -0.05) is 108 Å². The summed E-state index contributed by atoms with van der Waals surface area (Å²) in [6.07, 6.45) is 0. The van der Waals surface area contributed by atoms with E-state index in [0.29, 0.717) is 43.7 Å². The highest BCUT2D eigenvalue weighted by atomic mass is 35.5. The first-order valence-electron chi connectivity index (χ1n) is 17.6. The van der Waals surface area contributed by atoms with E-state index in [0.717, 1.165) is 0 Å². The Balaban J connectivity index is 0.000000146. The first-order chi connectivity index (χ1) is 27.1. The molecule has 10 rings (SSSR count). The lowest BCUT2D eigenvalue weighted by atomic mass is 9.66. The number of nitrogens with one attached hydrogen (secondary N) is 2. The predicted molar refractivity (Wildman–Crippen MR) is 210 cm³/mol. The third-order valence-corrected chi connectivity index (χ3v) is 11.4. The highest BCUT2D eigenvalue weighted by Gasteiger charge is 2.71. The number of rotatable bonds is 4. The Morgan fingerprint density at radius 3 is 1.18 bits per heavy atom. The Hall–Kier alpha value is -6.36. The summed E-state index contributed by atoms with van der Waals surface area (Å²) in [7, 11) is 0. The molecule has 2 N–H and O–H groups in total. The number of halogens is 4. The second-order valence-electron chi connectivity index (χ2n) is 13.8. The second kappa shape index (κ2) is 13.1. The smallest absolute Gasteiger partial charge is 0.256 e. The predicted octanol–water partition coefficient (Wildman–Crippen LogP) is 8.91. The van der Waals surface area contributed by atoms with Crippen LogP contribution in [0.5, 0.6) is 0 Å². The number of β-lactam (4-membered cyclic amide) rings is 2. The summed E-state index contributed by atoms with van der Waals surface area (Å²) in [6.45, 7) is 0. The van der Waals surface area contributed by atoms with E-state index in [1.165, 1.54) is 34.1 Å². The summed E-state index contributed by atoms with van der Waals surface area (Å²) in [6, 6.07) is 40.1. The zero-order valence-corrected chi connectivity index (χ0v) is 30.6. The molecule has 2 fully saturated rings. The number of hydrogen-bond acceptors (Lipinski definition) is 4. The van der Waals surface area contributed by atoms with Gasteiger partial charge in [0.1, 0.15) is 23.5 Å². The molecule has 4 aliphatic heterocycles. The molecule has 2 spiro atoms. The molecule has 8 nitrogen and oxygen atoms in total. The average Bonchev–Trinajstić information content (AvgIpc) is 3.67. The molecule has 2 saturated heterocycles. The molecular formula is C44H28Cl2F2N4O4. The van der Waals surface area contributed by atoms with Gasteiger partial charge in [-0.15, -0.1) is 0 Å². The van der Waals surface area contributed by atoms with Gasteiger partial charge in [-0.25, -0.2) is 8.78 Å². The van der Waals surface area contributed by atoms with Gasteiger partial charge in [0.05, 0.1) is 11.4 Å². The van der Waals surface area contributed by atoms with Gasteiger partial charge in [-0.3, -0.25) is 29.0 Å². The van der Waals surface area contributed by atoms with Crippen LogP contribution in [0.25, 0.3) is 0 Å². The maximum absolute atomic E-state index is 14.6. The second-order valence-corrected chi connectivity index (χ2v) is 14.6. The Kier molecular flexibility index (Phi) is 8.30. The fourth-order valence-electron chi connectivity index (χ4n) is 8.60. The molecule has 6 aromatic rings. The SMILES string of the molecule is O=C1[C@@H](c2ccc(Cl)cc2)[C@]2(C(=O)Nc3ccccc32)N1c1ccccc1F.O=C1[C@H](c2ccc(Cl)cc2)[C@@]2(C(=O)Nc3ccccc32)N1c1ccccc1F. The van der Waals surface area contributed by atoms with Crippen LogP contribution in [0.4, 0.5) is 31.5 Å². The Bertz CT molecular complexity index is 2440. The van der Waals surface area contributed by atoms with Crippen LogP contribution >= 0.6 is 23.2 Å². The zero-order valence-electron chi connectivity index (χ0n) is 29.1. The minimum Gasteiger partial charge on any atom is -0.323 e. The number of nitrogens with zero attached hydrogens (tertiary/aromatic N) is 2. The molecule has 56 heavy (non-hydrogen) atoms. The van der Waals surface area contributed by atoms with E-state index in [-0.39, 0.29) is 35.0 Å². The van der Waals surface area contributed by atoms with Gasteiger partial charge >= 0.3 is 0 Å². The molecule has 6 aromatic carbocycles. The fraction of sp³-hybridized carbons (Fsp3) is 0.0909. The van der Waals surface area contributed by atoms with E-state index in [4.69, 9.17) is 23.2 Å². The van der Waals surface area contributed by atoms with Crippen molar-refractivity contribution in [3.05, 3.63) is 190 Å². The van der Waals surface area contributed by atoms with Gasteiger partial charge < -0.3 is 10.6 Å². The van der Waals surface area contributed by atoms with E-state index < -0.39 is 34.5 Å². The number of fused-ring (bicyclic) bond motifs is 4. The van der Waals surface area contributed by atoms with Crippen molar-refractivity contribution in [1.82, 2.24) is 0 Å². The molecular weight excluding hydrogens is 757 g/mol. The van der Waals surface area contributed by atoms with Crippen LogP contribution in [0.3, 0.4) is 0 Å². The molecule has 0 radical (unpaired) electrons. The molecule has 0 unspecified atom stereocenters. The molecule has 0 bridgehead atoms. The molecule has 12 heteroatoms. The number of para-hydroxylation sites is 4. The Morgan fingerprint density at radius 1 is 0.464 bits per heavy atom. The normalized spacial score (nSPS) is 22.8. The molecule has 4 heterocycles. The van der Waals surface area contributed by atoms with Gasteiger partial charge in [0.2, 0.25) is 11.8 Å². The monoisotopic (exact) mass is 784 g/mol. The van der Waals surface area contributed by atoms with Crippen molar-refractivity contribution in [3.8, 4) is 0 Å². The van der Waals surface area contributed by atoms with E-state index in [1.807, 2.05) is 24.3 Å². The molecule has 4 aliphatic rings. The van der Waals surface area contributed by atoms with Crippen molar-refractivity contribution in [1.29, 1.82) is 0 Å². The third-order valence-electron chi connectivity index (χ3n) is 10.9. The van der Waals surface area contributed by atoms with E-state index in [1.54, 1.807) is 97.1 Å². The standard InChI is InChI=1S/2C22H14ClFN2O2/c2*23-14-11-9-13(10-12-14)19-20(27)26(18-8-4-2-6-16(18)24)22(19)15-5-1-3-7-17(15)25-21(22)28/h2*1-12,19H,(H,25,28)/t2*19-,22-/m10/s1. The number of anilines is 4. The van der Waals surface area contributed by atoms with Gasteiger partial charge in [0.25, 0.3) is 11.8 Å². The quantitative estimate of drug-likeness (QED) is 0.175. The molecule has 276 valence electrons. The number of hydrogen-bond donors (Lipinski definition) is 2. The van der Waals surface area contributed by atoms with Gasteiger partial charge in [0, 0.05) is 32.5 Å². The first-order valence-corrected chi connectivity index (χ1v) is 18.4. The summed E-state index contributed by atoms with van der Waals surface area (Å²) >= 11 is 12.0. The minimum atomic E-state index is -1.34. The van der Waals surface area contributed by atoms with Gasteiger partial charge in [-0.2, -0.15) is 0 Å². The molecule has 0 aliphatic carbocycles. The number of benzene rings is 6. The average molecular weight is 786 g/mol. The van der Waals surface area contributed by atoms with Crippen LogP contribution in [-0.2, 0) is 30.3 Å². The van der Waals surface area contributed by atoms with Crippen LogP contribution in [0.15, 0.2) is 146 Å². The van der Waals surface area contributed by atoms with Crippen molar-refractivity contribution >= 4 is 69.6 Å². The third kappa shape index (κ3) is 4.89. The van der Waals surface area contributed by atoms with Crippen LogP contribution in [-0.4, -0.2) is 23.6 Å². The summed E-state index contributed by atoms with van der Waals surface area (Å²) in [5.74, 6) is -4.02. The number of amides is 4. The van der Waals surface area contributed by atoms with E-state index >= 15 is 0 Å². The molecule has 0 aromatic heterocycles. The van der Waals surface area contributed by atoms with Gasteiger partial charge in [0.15, 0.2) is 11.1 Å². The van der Waals surface area contributed by atoms with E-state index in [2.05, 4.69) is 10.6 Å². The van der Waals surface area contributed by atoms with Crippen molar-refractivity contribution < 1.29 is 28.0 Å². The molecule has 4 amide bonds. The fourth-order valence-corrected chi connectivity index (χ4v) is 8.85. The summed E-state index contributed by atoms with van der Waals surface area (Å²) in [4.78, 5) is 55.6. The Labute approximate surface area is 329 Å². The van der Waals surface area contributed by atoms with Crippen molar-refractivity contribution in [2.75, 3.05) is 20.4 Å². The molecule has 0 saturated carbocycles. The van der Waals surface area contributed by atoms with Crippen LogP contribution in [0, 0.1) is 11.6 Å². The highest BCUT2D eigenvalue weighted by molar-refractivity contribution is 6.31. The first kappa shape index (κ1) is 35.3. The Morgan fingerprint density at radius 2 is 0.804 bits per heavy atom. The lowest BCUT2D eigenvalue weighted by molar-refractivity contribution is -0.139. The zero-order chi connectivity index (χ0) is 38.9. The van der Waals surface area contributed by atoms with Crippen LogP contribution < -0.4 is 20.4 Å². The number of carbonyl (C=O) groups excluding carboxylic acids is 4. The lowest BCUT2D eigenvalue weighted by Gasteiger charge is -2.54. The minimum absolute atomic E-state index is 0.0876. The molecule has 4 atom stereocenters. The maximum Gasteiger partial charge on any atom is 0.256 e. The highest BCUT2D eigenvalue weighted by Crippen LogP contribution is 2.60. The number of carbonyl (C=O) groups is 4. The summed E-state index contributed by atoms with van der Waals surface area (Å²) < 4.78 is 29.2. The van der Waals surface area contributed by atoms with Gasteiger partial charge in [-0.05, 0) is 71.8 Å². The maximum atomic E-state index is 14.6. The summed E-state index contributed by atoms with van der Waals surface area (Å²) in [5, 5.41) is 6.79. The van der Waals surface area contributed by atoms with E-state index in [9.17, 15) is 28.0 Å². The van der Waals surface area contributed by atoms with Crippen molar-refractivity contribution in [3.63, 3.8) is 0 Å². The summed E-state index contributed by atoms with van der Waals surface area (Å²) in [5.41, 5.74) is 1.37. The van der Waals surface area contributed by atoms with Crippen LogP contribution in [0.1, 0.15) is 34.1 Å². The largest absolute Gasteiger partial charge is 0.323 e.